The highest BCUT2D eigenvalue weighted by Crippen LogP contribution is 2.14. The van der Waals surface area contributed by atoms with Gasteiger partial charge in [0.2, 0.25) is 0 Å². The van der Waals surface area contributed by atoms with Crippen molar-refractivity contribution in [3.63, 3.8) is 0 Å². The van der Waals surface area contributed by atoms with Gasteiger partial charge in [-0.05, 0) is 11.5 Å². The highest BCUT2D eigenvalue weighted by Gasteiger charge is 2.02. The molecule has 10 heavy (non-hydrogen) atoms. The van der Waals surface area contributed by atoms with Crippen molar-refractivity contribution in [1.29, 1.82) is 0 Å². The molecule has 0 unspecified atom stereocenters. The van der Waals surface area contributed by atoms with Gasteiger partial charge in [-0.1, -0.05) is 32.9 Å². The second-order valence-electron chi connectivity index (χ2n) is 3.55. The van der Waals surface area contributed by atoms with E-state index in [0.29, 0.717) is 5.41 Å². The topological polar surface area (TPSA) is 9.23 Å². The standard InChI is InChI=1S/C8H18OSi/c1-8(2,3)6-5-7-10-9-4/h5-6H,7,10H2,1-4H3. The zero-order valence-electron chi connectivity index (χ0n) is 7.48. The normalized spacial score (nSPS) is 14.0. The van der Waals surface area contributed by atoms with Gasteiger partial charge >= 0.3 is 0 Å². The number of hydrogen-bond donors (Lipinski definition) is 0. The molecule has 0 heterocycles. The van der Waals surface area contributed by atoms with Crippen LogP contribution < -0.4 is 0 Å². The van der Waals surface area contributed by atoms with Crippen LogP contribution in [0.25, 0.3) is 0 Å². The molecular weight excluding hydrogens is 140 g/mol. The van der Waals surface area contributed by atoms with Crippen molar-refractivity contribution in [3.05, 3.63) is 12.2 Å². The van der Waals surface area contributed by atoms with Gasteiger partial charge in [-0.25, -0.2) is 0 Å². The van der Waals surface area contributed by atoms with Gasteiger partial charge in [0.1, 0.15) is 0 Å². The highest BCUT2D eigenvalue weighted by atomic mass is 28.2. The molecule has 0 bridgehead atoms. The first kappa shape index (κ1) is 9.92. The Hall–Kier alpha value is -0.0831. The lowest BCUT2D eigenvalue weighted by molar-refractivity contribution is 0.443. The summed E-state index contributed by atoms with van der Waals surface area (Å²) in [5.74, 6) is 0. The maximum atomic E-state index is 5.04. The van der Waals surface area contributed by atoms with E-state index in [1.807, 2.05) is 0 Å². The zero-order chi connectivity index (χ0) is 8.04. The van der Waals surface area contributed by atoms with Crippen molar-refractivity contribution in [2.45, 2.75) is 26.8 Å². The van der Waals surface area contributed by atoms with Gasteiger partial charge in [0.25, 0.3) is 0 Å². The molecule has 60 valence electrons. The summed E-state index contributed by atoms with van der Waals surface area (Å²) >= 11 is 0. The fourth-order valence-corrected chi connectivity index (χ4v) is 1.16. The van der Waals surface area contributed by atoms with E-state index in [1.54, 1.807) is 7.11 Å². The second kappa shape index (κ2) is 4.69. The van der Waals surface area contributed by atoms with Gasteiger partial charge in [0.05, 0.1) is 0 Å². The van der Waals surface area contributed by atoms with Crippen LogP contribution in [-0.4, -0.2) is 16.9 Å². The fourth-order valence-electron chi connectivity index (χ4n) is 0.623. The monoisotopic (exact) mass is 158 g/mol. The molecule has 0 saturated heterocycles. The largest absolute Gasteiger partial charge is 0.427 e. The van der Waals surface area contributed by atoms with Gasteiger partial charge in [-0.2, -0.15) is 0 Å². The third kappa shape index (κ3) is 7.92. The van der Waals surface area contributed by atoms with Crippen LogP contribution in [0.3, 0.4) is 0 Å². The van der Waals surface area contributed by atoms with Crippen LogP contribution in [0.1, 0.15) is 20.8 Å². The molecule has 0 spiro atoms. The first-order valence-electron chi connectivity index (χ1n) is 3.73. The number of hydrogen-bond acceptors (Lipinski definition) is 1. The summed E-state index contributed by atoms with van der Waals surface area (Å²) in [4.78, 5) is 0. The second-order valence-corrected chi connectivity index (χ2v) is 5.11. The molecule has 0 radical (unpaired) electrons. The predicted octanol–water partition coefficient (Wildman–Crippen LogP) is 1.74. The molecule has 0 aromatic carbocycles. The van der Waals surface area contributed by atoms with E-state index in [-0.39, 0.29) is 9.76 Å². The molecule has 0 atom stereocenters. The quantitative estimate of drug-likeness (QED) is 0.345. The summed E-state index contributed by atoms with van der Waals surface area (Å²) in [5.41, 5.74) is 0.335. The Kier molecular flexibility index (Phi) is 4.65. The Balaban J connectivity index is 3.37. The Labute approximate surface area is 66.4 Å². The average Bonchev–Trinajstić information content (AvgIpc) is 1.78. The predicted molar refractivity (Wildman–Crippen MR) is 49.0 cm³/mol. The minimum absolute atomic E-state index is 0.234. The van der Waals surface area contributed by atoms with Gasteiger partial charge in [-0.3, -0.25) is 0 Å². The first-order valence-corrected chi connectivity index (χ1v) is 5.30. The summed E-state index contributed by atoms with van der Waals surface area (Å²) in [6.45, 7) is 6.62. The Morgan fingerprint density at radius 1 is 1.40 bits per heavy atom. The van der Waals surface area contributed by atoms with Crippen molar-refractivity contribution in [1.82, 2.24) is 0 Å². The summed E-state index contributed by atoms with van der Waals surface area (Å²) in [5, 5.41) is 0. The zero-order valence-corrected chi connectivity index (χ0v) is 8.89. The molecule has 0 saturated carbocycles. The number of allylic oxidation sites excluding steroid dienone is 2. The van der Waals surface area contributed by atoms with E-state index in [0.717, 1.165) is 6.04 Å². The minimum Gasteiger partial charge on any atom is -0.427 e. The molecule has 1 nitrogen and oxygen atoms in total. The van der Waals surface area contributed by atoms with Gasteiger partial charge in [0.15, 0.2) is 9.76 Å². The van der Waals surface area contributed by atoms with Crippen LogP contribution in [0.15, 0.2) is 12.2 Å². The van der Waals surface area contributed by atoms with Gasteiger partial charge < -0.3 is 4.43 Å². The third-order valence-electron chi connectivity index (χ3n) is 1.11. The fraction of sp³-hybridized carbons (Fsp3) is 0.750. The van der Waals surface area contributed by atoms with Crippen molar-refractivity contribution in [2.75, 3.05) is 7.11 Å². The van der Waals surface area contributed by atoms with Crippen molar-refractivity contribution in [3.8, 4) is 0 Å². The number of rotatable bonds is 3. The lowest BCUT2D eigenvalue weighted by atomic mass is 9.97. The van der Waals surface area contributed by atoms with Crippen LogP contribution >= 0.6 is 0 Å². The summed E-state index contributed by atoms with van der Waals surface area (Å²) in [6.07, 6.45) is 4.48. The lowest BCUT2D eigenvalue weighted by Crippen LogP contribution is -1.99. The highest BCUT2D eigenvalue weighted by molar-refractivity contribution is 6.27. The van der Waals surface area contributed by atoms with Crippen molar-refractivity contribution in [2.24, 2.45) is 5.41 Å². The Bertz CT molecular complexity index is 102. The molecule has 0 amide bonds. The lowest BCUT2D eigenvalue weighted by Gasteiger charge is -2.10. The molecular formula is C8H18OSi. The third-order valence-corrected chi connectivity index (χ3v) is 2.08. The maximum absolute atomic E-state index is 5.04. The SMILES string of the molecule is CO[SiH2]CC=CC(C)(C)C. The summed E-state index contributed by atoms with van der Waals surface area (Å²) in [6, 6.07) is 1.16. The van der Waals surface area contributed by atoms with Crippen LogP contribution in [0.4, 0.5) is 0 Å². The van der Waals surface area contributed by atoms with Crippen LogP contribution in [0, 0.1) is 5.41 Å². The summed E-state index contributed by atoms with van der Waals surface area (Å²) in [7, 11) is 1.55. The Morgan fingerprint density at radius 2 is 2.00 bits per heavy atom. The minimum atomic E-state index is -0.234. The van der Waals surface area contributed by atoms with E-state index in [1.165, 1.54) is 0 Å². The molecule has 0 N–H and O–H groups in total. The van der Waals surface area contributed by atoms with E-state index < -0.39 is 0 Å². The van der Waals surface area contributed by atoms with Crippen LogP contribution in [-0.2, 0) is 4.43 Å². The molecule has 0 aromatic heterocycles. The first-order chi connectivity index (χ1) is 4.56. The van der Waals surface area contributed by atoms with E-state index in [2.05, 4.69) is 32.9 Å². The van der Waals surface area contributed by atoms with Gasteiger partial charge in [0, 0.05) is 7.11 Å². The van der Waals surface area contributed by atoms with Gasteiger partial charge in [-0.15, -0.1) is 0 Å². The molecule has 0 aliphatic carbocycles. The maximum Gasteiger partial charge on any atom is 0.164 e. The molecule has 0 aromatic rings. The Morgan fingerprint density at radius 3 is 2.40 bits per heavy atom. The molecule has 2 heteroatoms. The van der Waals surface area contributed by atoms with Crippen molar-refractivity contribution >= 4 is 9.76 Å². The van der Waals surface area contributed by atoms with Crippen molar-refractivity contribution < 1.29 is 4.43 Å². The van der Waals surface area contributed by atoms with E-state index in [4.69, 9.17) is 4.43 Å². The molecule has 0 fully saturated rings. The molecule has 0 aliphatic rings. The summed E-state index contributed by atoms with van der Waals surface area (Å²) < 4.78 is 5.04. The van der Waals surface area contributed by atoms with Crippen LogP contribution in [0.2, 0.25) is 6.04 Å². The molecule has 0 aliphatic heterocycles. The smallest absolute Gasteiger partial charge is 0.164 e. The van der Waals surface area contributed by atoms with E-state index in [9.17, 15) is 0 Å². The average molecular weight is 158 g/mol. The molecule has 0 rings (SSSR count). The van der Waals surface area contributed by atoms with E-state index >= 15 is 0 Å². The van der Waals surface area contributed by atoms with Crippen LogP contribution in [0.5, 0.6) is 0 Å².